The maximum atomic E-state index is 12.0. The largest absolute Gasteiger partial charge is 0.465 e. The fraction of sp³-hybridized carbons (Fsp3) is 0.615. The van der Waals surface area contributed by atoms with Crippen LogP contribution in [-0.2, 0) is 14.6 Å². The normalized spacial score (nSPS) is 11.4. The molecule has 120 valence electrons. The van der Waals surface area contributed by atoms with Gasteiger partial charge in [-0.15, -0.1) is 11.3 Å². The van der Waals surface area contributed by atoms with E-state index >= 15 is 0 Å². The lowest BCUT2D eigenvalue weighted by Crippen LogP contribution is -2.24. The van der Waals surface area contributed by atoms with Crippen LogP contribution in [0.4, 0.5) is 10.7 Å². The number of sulfone groups is 1. The number of hydrogen-bond acceptors (Lipinski definition) is 7. The first kappa shape index (κ1) is 17.8. The molecule has 8 heteroatoms. The van der Waals surface area contributed by atoms with Crippen LogP contribution in [0.2, 0.25) is 0 Å². The van der Waals surface area contributed by atoms with E-state index in [1.807, 2.05) is 11.8 Å². The zero-order valence-corrected chi connectivity index (χ0v) is 14.4. The van der Waals surface area contributed by atoms with E-state index in [-0.39, 0.29) is 15.5 Å². The van der Waals surface area contributed by atoms with Gasteiger partial charge in [-0.25, -0.2) is 13.2 Å². The molecule has 0 aliphatic rings. The number of nitrogens with zero attached hydrogens (tertiary/aromatic N) is 1. The quantitative estimate of drug-likeness (QED) is 0.768. The monoisotopic (exact) mass is 334 g/mol. The van der Waals surface area contributed by atoms with E-state index in [9.17, 15) is 13.2 Å². The number of esters is 1. The molecule has 1 aromatic rings. The number of nitrogen functional groups attached to an aromatic ring is 1. The first-order chi connectivity index (χ1) is 9.77. The third-order valence-corrected chi connectivity index (χ3v) is 5.60. The second kappa shape index (κ2) is 7.13. The fourth-order valence-electron chi connectivity index (χ4n) is 1.98. The summed E-state index contributed by atoms with van der Waals surface area (Å²) in [5, 5.41) is 0.520. The second-order valence-electron chi connectivity index (χ2n) is 4.68. The van der Waals surface area contributed by atoms with E-state index in [2.05, 4.69) is 11.7 Å². The van der Waals surface area contributed by atoms with Crippen LogP contribution in [0.1, 0.15) is 36.4 Å². The highest BCUT2D eigenvalue weighted by molar-refractivity contribution is 7.91. The summed E-state index contributed by atoms with van der Waals surface area (Å²) in [4.78, 5) is 13.9. The molecule has 2 N–H and O–H groups in total. The van der Waals surface area contributed by atoms with Crippen LogP contribution in [0.15, 0.2) is 4.90 Å². The second-order valence-corrected chi connectivity index (χ2v) is 7.63. The highest BCUT2D eigenvalue weighted by Crippen LogP contribution is 2.41. The Bertz CT molecular complexity index is 608. The number of nitrogens with two attached hydrogens (primary N) is 1. The number of carbonyl (C=O) groups excluding carboxylic acids is 1. The lowest BCUT2D eigenvalue weighted by molar-refractivity contribution is 0.0607. The zero-order chi connectivity index (χ0) is 16.2. The summed E-state index contributed by atoms with van der Waals surface area (Å²) in [6, 6.07) is 0. The number of rotatable bonds is 7. The molecule has 0 unspecified atom stereocenters. The average molecular weight is 334 g/mol. The van der Waals surface area contributed by atoms with Crippen molar-refractivity contribution in [3.63, 3.8) is 0 Å². The maximum Gasteiger partial charge on any atom is 0.350 e. The van der Waals surface area contributed by atoms with Crippen LogP contribution in [0, 0.1) is 0 Å². The Hall–Kier alpha value is -1.28. The topological polar surface area (TPSA) is 89.7 Å². The molecule has 6 nitrogen and oxygen atoms in total. The van der Waals surface area contributed by atoms with Gasteiger partial charge >= 0.3 is 5.97 Å². The molecule has 0 aliphatic heterocycles. The molecule has 0 amide bonds. The summed E-state index contributed by atoms with van der Waals surface area (Å²) in [6.07, 6.45) is 3.03. The molecule has 0 radical (unpaired) electrons. The van der Waals surface area contributed by atoms with Crippen molar-refractivity contribution in [3.05, 3.63) is 4.88 Å². The van der Waals surface area contributed by atoms with Gasteiger partial charge < -0.3 is 15.4 Å². The first-order valence-corrected chi connectivity index (χ1v) is 9.44. The van der Waals surface area contributed by atoms with Crippen molar-refractivity contribution < 1.29 is 17.9 Å². The van der Waals surface area contributed by atoms with Crippen molar-refractivity contribution in [1.29, 1.82) is 0 Å². The third-order valence-electron chi connectivity index (χ3n) is 3.07. The number of unbranched alkanes of at least 4 members (excludes halogenated alkanes) is 1. The summed E-state index contributed by atoms with van der Waals surface area (Å²) in [6.45, 7) is 5.36. The van der Waals surface area contributed by atoms with Crippen molar-refractivity contribution >= 4 is 37.8 Å². The summed E-state index contributed by atoms with van der Waals surface area (Å²) in [7, 11) is -2.28. The number of carbonyl (C=O) groups is 1. The molecule has 0 aromatic carbocycles. The number of ether oxygens (including phenoxy) is 1. The van der Waals surface area contributed by atoms with E-state index in [0.29, 0.717) is 11.5 Å². The van der Waals surface area contributed by atoms with Crippen LogP contribution in [-0.4, -0.2) is 40.8 Å². The van der Waals surface area contributed by atoms with Crippen molar-refractivity contribution in [2.45, 2.75) is 31.6 Å². The first-order valence-electron chi connectivity index (χ1n) is 6.73. The molecule has 1 heterocycles. The fourth-order valence-corrected chi connectivity index (χ4v) is 4.70. The molecule has 0 saturated carbocycles. The van der Waals surface area contributed by atoms with Gasteiger partial charge in [0.1, 0.15) is 14.8 Å². The lowest BCUT2D eigenvalue weighted by atomic mass is 10.3. The van der Waals surface area contributed by atoms with E-state index in [1.165, 1.54) is 7.11 Å². The Labute approximate surface area is 129 Å². The number of hydrogen-bond donors (Lipinski definition) is 1. The summed E-state index contributed by atoms with van der Waals surface area (Å²) >= 11 is 1.08. The van der Waals surface area contributed by atoms with Gasteiger partial charge in [0.2, 0.25) is 0 Å². The van der Waals surface area contributed by atoms with Gasteiger partial charge in [-0.05, 0) is 13.3 Å². The SMILES string of the molecule is CCCCN(CC)c1sc(C(=O)OC)c(N)c1S(C)(=O)=O. The Balaban J connectivity index is 3.45. The van der Waals surface area contributed by atoms with Gasteiger partial charge in [-0.3, -0.25) is 0 Å². The van der Waals surface area contributed by atoms with E-state index < -0.39 is 15.8 Å². The van der Waals surface area contributed by atoms with Crippen molar-refractivity contribution in [3.8, 4) is 0 Å². The highest BCUT2D eigenvalue weighted by Gasteiger charge is 2.29. The molecule has 1 rings (SSSR count). The van der Waals surface area contributed by atoms with E-state index in [0.717, 1.165) is 37.0 Å². The zero-order valence-electron chi connectivity index (χ0n) is 12.8. The number of anilines is 2. The smallest absolute Gasteiger partial charge is 0.350 e. The predicted molar refractivity (Wildman–Crippen MR) is 86.0 cm³/mol. The summed E-state index contributed by atoms with van der Waals surface area (Å²) < 4.78 is 28.8. The molecule has 0 aliphatic carbocycles. The Kier molecular flexibility index (Phi) is 6.03. The van der Waals surface area contributed by atoms with Crippen LogP contribution >= 0.6 is 11.3 Å². The van der Waals surface area contributed by atoms with E-state index in [4.69, 9.17) is 5.73 Å². The molecule has 0 fully saturated rings. The minimum atomic E-state index is -3.53. The molecule has 1 aromatic heterocycles. The minimum Gasteiger partial charge on any atom is -0.465 e. The molecule has 0 bridgehead atoms. The average Bonchev–Trinajstić information content (AvgIpc) is 2.76. The van der Waals surface area contributed by atoms with Crippen LogP contribution in [0.3, 0.4) is 0 Å². The van der Waals surface area contributed by atoms with Gasteiger partial charge in [-0.2, -0.15) is 0 Å². The Morgan fingerprint density at radius 2 is 2.00 bits per heavy atom. The van der Waals surface area contributed by atoms with E-state index in [1.54, 1.807) is 0 Å². The van der Waals surface area contributed by atoms with Gasteiger partial charge in [0, 0.05) is 19.3 Å². The summed E-state index contributed by atoms with van der Waals surface area (Å²) in [5.41, 5.74) is 5.88. The standard InChI is InChI=1S/C13H22N2O4S2/c1-5-7-8-15(6-2)12-11(21(4,17)18)9(14)10(20-12)13(16)19-3/h5-8,14H2,1-4H3. The molecule has 21 heavy (non-hydrogen) atoms. The van der Waals surface area contributed by atoms with Gasteiger partial charge in [0.05, 0.1) is 12.8 Å². The third kappa shape index (κ3) is 3.88. The predicted octanol–water partition coefficient (Wildman–Crippen LogP) is 2.15. The van der Waals surface area contributed by atoms with Crippen LogP contribution < -0.4 is 10.6 Å². The van der Waals surface area contributed by atoms with Crippen molar-refractivity contribution in [2.24, 2.45) is 0 Å². The van der Waals surface area contributed by atoms with Crippen molar-refractivity contribution in [1.82, 2.24) is 0 Å². The number of methoxy groups -OCH3 is 1. The van der Waals surface area contributed by atoms with Gasteiger partial charge in [0.15, 0.2) is 9.84 Å². The van der Waals surface area contributed by atoms with Crippen LogP contribution in [0.5, 0.6) is 0 Å². The molecule has 0 spiro atoms. The molecular formula is C13H22N2O4S2. The maximum absolute atomic E-state index is 12.0. The molecule has 0 atom stereocenters. The number of thiophene rings is 1. The van der Waals surface area contributed by atoms with Crippen molar-refractivity contribution in [2.75, 3.05) is 37.1 Å². The Morgan fingerprint density at radius 3 is 2.43 bits per heavy atom. The Morgan fingerprint density at radius 1 is 1.38 bits per heavy atom. The molecule has 0 saturated heterocycles. The lowest BCUT2D eigenvalue weighted by Gasteiger charge is -2.22. The summed E-state index contributed by atoms with van der Waals surface area (Å²) in [5.74, 6) is -0.611. The minimum absolute atomic E-state index is 0.0145. The van der Waals surface area contributed by atoms with Crippen LogP contribution in [0.25, 0.3) is 0 Å². The van der Waals surface area contributed by atoms with Gasteiger partial charge in [0.25, 0.3) is 0 Å². The van der Waals surface area contributed by atoms with Gasteiger partial charge in [-0.1, -0.05) is 13.3 Å². The molecular weight excluding hydrogens is 312 g/mol. The highest BCUT2D eigenvalue weighted by atomic mass is 32.2.